The number of ether oxygens (including phenoxy) is 1. The van der Waals surface area contributed by atoms with Gasteiger partial charge in [0.15, 0.2) is 0 Å². The number of H-pyrrole nitrogens is 1. The van der Waals surface area contributed by atoms with Crippen LogP contribution in [0.5, 0.6) is 0 Å². The summed E-state index contributed by atoms with van der Waals surface area (Å²) in [6.07, 6.45) is 4.75. The van der Waals surface area contributed by atoms with E-state index in [4.69, 9.17) is 10.5 Å². The molecule has 0 spiro atoms. The number of aromatic amines is 1. The van der Waals surface area contributed by atoms with Gasteiger partial charge in [-0.2, -0.15) is 5.10 Å². The van der Waals surface area contributed by atoms with Crippen molar-refractivity contribution in [2.24, 2.45) is 0 Å². The predicted octanol–water partition coefficient (Wildman–Crippen LogP) is 2.57. The molecule has 6 nitrogen and oxygen atoms in total. The van der Waals surface area contributed by atoms with Crippen LogP contribution in [0.2, 0.25) is 0 Å². The van der Waals surface area contributed by atoms with Crippen molar-refractivity contribution in [2.75, 3.05) is 23.7 Å². The molecule has 2 aromatic heterocycles. The Hall–Kier alpha value is -2.60. The van der Waals surface area contributed by atoms with E-state index in [-0.39, 0.29) is 0 Å². The molecular weight excluding hydrogens is 302 g/mol. The van der Waals surface area contributed by atoms with Crippen molar-refractivity contribution < 1.29 is 4.74 Å². The predicted molar refractivity (Wildman–Crippen MR) is 93.8 cm³/mol. The number of benzene rings is 1. The highest BCUT2D eigenvalue weighted by Crippen LogP contribution is 2.35. The number of pyridine rings is 1. The number of fused-ring (bicyclic) bond motifs is 3. The second-order valence-corrected chi connectivity index (χ2v) is 6.63. The Balaban J connectivity index is 1.61. The van der Waals surface area contributed by atoms with Crippen molar-refractivity contribution in [1.82, 2.24) is 15.2 Å². The summed E-state index contributed by atoms with van der Waals surface area (Å²) in [7, 11) is 0. The fourth-order valence-electron chi connectivity index (χ4n) is 3.89. The van der Waals surface area contributed by atoms with Crippen LogP contribution < -0.4 is 10.6 Å². The highest BCUT2D eigenvalue weighted by Gasteiger charge is 2.34. The van der Waals surface area contributed by atoms with Crippen LogP contribution in [0.4, 0.5) is 11.5 Å². The number of aromatic nitrogens is 3. The van der Waals surface area contributed by atoms with Crippen molar-refractivity contribution >= 4 is 22.4 Å². The van der Waals surface area contributed by atoms with Crippen LogP contribution in [-0.2, 0) is 4.74 Å². The number of hydrogen-bond donors (Lipinski definition) is 2. The SMILES string of the molecule is Nc1cc(N2CC3CCC(C2)O3)c2ccc(-c3ccn[nH]3)cc2n1. The number of hydrogen-bond acceptors (Lipinski definition) is 5. The lowest BCUT2D eigenvalue weighted by Gasteiger charge is -2.34. The van der Waals surface area contributed by atoms with Gasteiger partial charge in [0.2, 0.25) is 0 Å². The van der Waals surface area contributed by atoms with Gasteiger partial charge < -0.3 is 15.4 Å². The second kappa shape index (κ2) is 5.21. The number of nitrogens with one attached hydrogen (secondary N) is 1. The molecule has 0 saturated carbocycles. The molecule has 24 heavy (non-hydrogen) atoms. The van der Waals surface area contributed by atoms with Crippen LogP contribution in [0.1, 0.15) is 12.8 Å². The summed E-state index contributed by atoms with van der Waals surface area (Å²) >= 11 is 0. The first-order valence-electron chi connectivity index (χ1n) is 8.37. The van der Waals surface area contributed by atoms with Gasteiger partial charge in [0.25, 0.3) is 0 Å². The Kier molecular flexibility index (Phi) is 2.99. The van der Waals surface area contributed by atoms with Crippen LogP contribution in [0, 0.1) is 0 Å². The van der Waals surface area contributed by atoms with E-state index in [1.807, 2.05) is 12.1 Å². The number of morpholine rings is 1. The molecule has 2 fully saturated rings. The third kappa shape index (κ3) is 2.22. The van der Waals surface area contributed by atoms with Crippen LogP contribution in [0.25, 0.3) is 22.2 Å². The number of nitrogens with zero attached hydrogens (tertiary/aromatic N) is 3. The molecule has 2 aliphatic rings. The first kappa shape index (κ1) is 13.8. The van der Waals surface area contributed by atoms with Gasteiger partial charge in [-0.1, -0.05) is 12.1 Å². The minimum absolute atomic E-state index is 0.345. The lowest BCUT2D eigenvalue weighted by molar-refractivity contribution is 0.0306. The summed E-state index contributed by atoms with van der Waals surface area (Å²) in [5.74, 6) is 0.554. The smallest absolute Gasteiger partial charge is 0.126 e. The summed E-state index contributed by atoms with van der Waals surface area (Å²) in [5, 5.41) is 8.15. The number of nitrogen functional groups attached to an aromatic ring is 1. The van der Waals surface area contributed by atoms with Gasteiger partial charge in [-0.3, -0.25) is 5.10 Å². The molecule has 0 radical (unpaired) electrons. The summed E-state index contributed by atoms with van der Waals surface area (Å²) in [4.78, 5) is 6.95. The third-order valence-electron chi connectivity index (χ3n) is 5.00. The Morgan fingerprint density at radius 3 is 2.71 bits per heavy atom. The third-order valence-corrected chi connectivity index (χ3v) is 5.00. The van der Waals surface area contributed by atoms with E-state index in [2.05, 4.69) is 38.3 Å². The molecule has 2 saturated heterocycles. The second-order valence-electron chi connectivity index (χ2n) is 6.63. The van der Waals surface area contributed by atoms with Crippen molar-refractivity contribution in [3.05, 3.63) is 36.5 Å². The fraction of sp³-hybridized carbons (Fsp3) is 0.333. The highest BCUT2D eigenvalue weighted by molar-refractivity contribution is 5.95. The van der Waals surface area contributed by atoms with E-state index in [0.29, 0.717) is 18.0 Å². The molecule has 1 aromatic carbocycles. The molecule has 3 N–H and O–H groups in total. The normalized spacial score (nSPS) is 23.1. The standard InChI is InChI=1S/C18H19N5O/c19-18-8-17(23-9-12-2-3-13(10-23)24-12)14-4-1-11(7-16(14)21-18)15-5-6-20-22-15/h1,4-8,12-13H,2-3,9-10H2,(H2,19,21)(H,20,22). The monoisotopic (exact) mass is 321 g/mol. The Labute approximate surface area is 139 Å². The minimum Gasteiger partial charge on any atom is -0.384 e. The number of nitrogens with two attached hydrogens (primary N) is 1. The fourth-order valence-corrected chi connectivity index (χ4v) is 3.89. The molecule has 2 aliphatic heterocycles. The van der Waals surface area contributed by atoms with Crippen LogP contribution in [-0.4, -0.2) is 40.5 Å². The van der Waals surface area contributed by atoms with Crippen molar-refractivity contribution in [3.8, 4) is 11.3 Å². The lowest BCUT2D eigenvalue weighted by atomic mass is 10.1. The molecule has 2 bridgehead atoms. The Morgan fingerprint density at radius 1 is 1.12 bits per heavy atom. The van der Waals surface area contributed by atoms with Crippen molar-refractivity contribution in [3.63, 3.8) is 0 Å². The zero-order valence-corrected chi connectivity index (χ0v) is 13.3. The van der Waals surface area contributed by atoms with Gasteiger partial charge in [-0.05, 0) is 25.0 Å². The van der Waals surface area contributed by atoms with Gasteiger partial charge in [-0.15, -0.1) is 0 Å². The maximum atomic E-state index is 6.10. The first-order chi connectivity index (χ1) is 11.8. The van der Waals surface area contributed by atoms with E-state index in [0.717, 1.165) is 53.8 Å². The molecule has 0 amide bonds. The molecular formula is C18H19N5O. The Morgan fingerprint density at radius 2 is 1.96 bits per heavy atom. The van der Waals surface area contributed by atoms with E-state index in [1.54, 1.807) is 6.20 Å². The molecule has 6 heteroatoms. The van der Waals surface area contributed by atoms with E-state index < -0.39 is 0 Å². The summed E-state index contributed by atoms with van der Waals surface area (Å²) in [5.41, 5.74) is 10.2. The van der Waals surface area contributed by atoms with Crippen LogP contribution in [0.3, 0.4) is 0 Å². The topological polar surface area (TPSA) is 80.1 Å². The first-order valence-corrected chi connectivity index (χ1v) is 8.37. The zero-order chi connectivity index (χ0) is 16.1. The largest absolute Gasteiger partial charge is 0.384 e. The Bertz CT molecular complexity index is 880. The molecule has 3 aromatic rings. The summed E-state index contributed by atoms with van der Waals surface area (Å²) < 4.78 is 5.96. The maximum Gasteiger partial charge on any atom is 0.126 e. The zero-order valence-electron chi connectivity index (χ0n) is 13.3. The molecule has 4 heterocycles. The average molecular weight is 321 g/mol. The van der Waals surface area contributed by atoms with Gasteiger partial charge in [0.1, 0.15) is 5.82 Å². The van der Waals surface area contributed by atoms with E-state index in [9.17, 15) is 0 Å². The molecule has 0 aliphatic carbocycles. The molecule has 122 valence electrons. The lowest BCUT2D eigenvalue weighted by Crippen LogP contribution is -2.42. The van der Waals surface area contributed by atoms with Crippen molar-refractivity contribution in [1.29, 1.82) is 0 Å². The number of rotatable bonds is 2. The highest BCUT2D eigenvalue weighted by atomic mass is 16.5. The van der Waals surface area contributed by atoms with Crippen LogP contribution >= 0.6 is 0 Å². The minimum atomic E-state index is 0.345. The van der Waals surface area contributed by atoms with Crippen LogP contribution in [0.15, 0.2) is 36.5 Å². The van der Waals surface area contributed by atoms with E-state index in [1.165, 1.54) is 0 Å². The molecule has 2 unspecified atom stereocenters. The summed E-state index contributed by atoms with van der Waals surface area (Å²) in [6, 6.07) is 10.2. The quantitative estimate of drug-likeness (QED) is 0.758. The maximum absolute atomic E-state index is 6.10. The number of anilines is 2. The van der Waals surface area contributed by atoms with Gasteiger partial charge >= 0.3 is 0 Å². The van der Waals surface area contributed by atoms with Gasteiger partial charge in [0.05, 0.1) is 23.4 Å². The van der Waals surface area contributed by atoms with Crippen molar-refractivity contribution in [2.45, 2.75) is 25.0 Å². The average Bonchev–Trinajstić information content (AvgIpc) is 3.23. The van der Waals surface area contributed by atoms with Gasteiger partial charge in [-0.25, -0.2) is 4.98 Å². The molecule has 5 rings (SSSR count). The molecule has 2 atom stereocenters. The van der Waals surface area contributed by atoms with Gasteiger partial charge in [0, 0.05) is 42.0 Å². The van der Waals surface area contributed by atoms with E-state index >= 15 is 0 Å². The summed E-state index contributed by atoms with van der Waals surface area (Å²) in [6.45, 7) is 1.86.